The average molecular weight is 309 g/mol. The summed E-state index contributed by atoms with van der Waals surface area (Å²) in [7, 11) is 0. The van der Waals surface area contributed by atoms with Crippen LogP contribution in [0, 0.1) is 0 Å². The molecular weight excluding hydrogens is 295 g/mol. The second-order valence-electron chi connectivity index (χ2n) is 2.59. The molecule has 16 heavy (non-hydrogen) atoms. The molecular formula is C6H14O9Se. The zero-order valence-corrected chi connectivity index (χ0v) is 9.66. The van der Waals surface area contributed by atoms with Crippen LogP contribution in [0.2, 0.25) is 0 Å². The average Bonchev–Trinajstić information content (AvgIpc) is 2.24. The summed E-state index contributed by atoms with van der Waals surface area (Å²) in [6.07, 6.45) is -6.84. The third-order valence-electron chi connectivity index (χ3n) is 1.42. The van der Waals surface area contributed by atoms with E-state index in [-0.39, 0.29) is 6.29 Å². The Bertz CT molecular complexity index is 206. The Morgan fingerprint density at radius 2 is 1.44 bits per heavy atom. The second kappa shape index (κ2) is 9.90. The van der Waals surface area contributed by atoms with Crippen molar-refractivity contribution in [1.29, 1.82) is 0 Å². The molecule has 0 aliphatic carbocycles. The molecule has 0 aliphatic heterocycles. The van der Waals surface area contributed by atoms with E-state index in [1.165, 1.54) is 0 Å². The van der Waals surface area contributed by atoms with Gasteiger partial charge >= 0.3 is 26.7 Å². The van der Waals surface area contributed by atoms with E-state index in [1.807, 2.05) is 0 Å². The maximum absolute atomic E-state index is 9.90. The molecule has 0 saturated carbocycles. The molecule has 0 fully saturated rings. The predicted molar refractivity (Wildman–Crippen MR) is 48.1 cm³/mol. The summed E-state index contributed by atoms with van der Waals surface area (Å²) < 4.78 is 23.1. The molecule has 9 nitrogen and oxygen atoms in total. The summed E-state index contributed by atoms with van der Waals surface area (Å²) in [4.78, 5) is 9.90. The molecule has 0 radical (unpaired) electrons. The van der Waals surface area contributed by atoms with Crippen LogP contribution in [0.4, 0.5) is 0 Å². The van der Waals surface area contributed by atoms with Gasteiger partial charge in [0, 0.05) is 0 Å². The molecule has 98 valence electrons. The first kappa shape index (κ1) is 18.1. The summed E-state index contributed by atoms with van der Waals surface area (Å²) in [6.45, 7) is -0.760. The van der Waals surface area contributed by atoms with Gasteiger partial charge in [-0.3, -0.25) is 0 Å². The molecule has 0 amide bonds. The molecule has 0 aromatic heterocycles. The number of aliphatic hydroxyl groups is 5. The Morgan fingerprint density at radius 1 is 1.06 bits per heavy atom. The summed E-state index contributed by atoms with van der Waals surface area (Å²) in [5.74, 6) is 0. The zero-order chi connectivity index (χ0) is 13.3. The topological polar surface area (TPSA) is 176 Å². The minimum absolute atomic E-state index is 0.0258. The van der Waals surface area contributed by atoms with Crippen molar-refractivity contribution in [3.8, 4) is 0 Å². The number of aldehydes is 1. The van der Waals surface area contributed by atoms with Crippen molar-refractivity contribution < 1.29 is 42.5 Å². The van der Waals surface area contributed by atoms with Crippen LogP contribution in [-0.2, 0) is 8.63 Å². The van der Waals surface area contributed by atoms with E-state index in [4.69, 9.17) is 37.7 Å². The van der Waals surface area contributed by atoms with Crippen molar-refractivity contribution in [3.05, 3.63) is 0 Å². The SMILES string of the molecule is O=CC(O)C(O)C(O)C(O)CO.O=[Se](O)O. The van der Waals surface area contributed by atoms with Gasteiger partial charge in [-0.1, -0.05) is 0 Å². The number of hydrogen-bond donors (Lipinski definition) is 7. The van der Waals surface area contributed by atoms with E-state index in [1.54, 1.807) is 0 Å². The van der Waals surface area contributed by atoms with Gasteiger partial charge in [-0.15, -0.1) is 0 Å². The van der Waals surface area contributed by atoms with E-state index < -0.39 is 45.5 Å². The molecule has 0 bridgehead atoms. The normalized spacial score (nSPS) is 18.0. The second-order valence-corrected chi connectivity index (χ2v) is 3.56. The summed E-state index contributed by atoms with van der Waals surface area (Å²) in [5.41, 5.74) is 0. The van der Waals surface area contributed by atoms with Crippen molar-refractivity contribution in [2.75, 3.05) is 6.61 Å². The zero-order valence-electron chi connectivity index (χ0n) is 7.95. The van der Waals surface area contributed by atoms with Crippen molar-refractivity contribution in [1.82, 2.24) is 0 Å². The van der Waals surface area contributed by atoms with Gasteiger partial charge in [0.2, 0.25) is 0 Å². The van der Waals surface area contributed by atoms with Crippen LogP contribution in [0.25, 0.3) is 0 Å². The molecule has 0 heterocycles. The van der Waals surface area contributed by atoms with Gasteiger partial charge in [0.1, 0.15) is 24.4 Å². The van der Waals surface area contributed by atoms with Gasteiger partial charge in [-0.25, -0.2) is 0 Å². The van der Waals surface area contributed by atoms with Gasteiger partial charge in [-0.05, 0) is 0 Å². The minimum atomic E-state index is -3.29. The quantitative estimate of drug-likeness (QED) is 0.193. The van der Waals surface area contributed by atoms with E-state index >= 15 is 0 Å². The molecule has 4 atom stereocenters. The molecule has 10 heteroatoms. The van der Waals surface area contributed by atoms with Crippen LogP contribution < -0.4 is 0 Å². The fourth-order valence-corrected chi connectivity index (χ4v) is 0.618. The number of aliphatic hydroxyl groups excluding tert-OH is 5. The maximum atomic E-state index is 9.90. The van der Waals surface area contributed by atoms with Gasteiger partial charge in [0.15, 0.2) is 6.29 Å². The van der Waals surface area contributed by atoms with E-state index in [0.717, 1.165) is 0 Å². The summed E-state index contributed by atoms with van der Waals surface area (Å²) in [5, 5.41) is 43.5. The standard InChI is InChI=1S/C6H12O6.H2O3Se/c7-1-3(9)5(11)6(12)4(10)2-8;1-4(2)3/h1,3-6,8-12H,2H2;(H2,1,2,3). The van der Waals surface area contributed by atoms with Crippen molar-refractivity contribution in [2.24, 2.45) is 0 Å². The molecule has 0 aromatic carbocycles. The molecule has 0 rings (SSSR count). The summed E-state index contributed by atoms with van der Waals surface area (Å²) >= 11 is -3.29. The Morgan fingerprint density at radius 3 is 1.69 bits per heavy atom. The Balaban J connectivity index is 0. The first-order valence-electron chi connectivity index (χ1n) is 3.86. The fraction of sp³-hybridized carbons (Fsp3) is 0.833. The Hall–Kier alpha value is -0.291. The molecule has 0 saturated heterocycles. The molecule has 0 spiro atoms. The number of carbonyl (C=O) groups excluding carboxylic acids is 1. The van der Waals surface area contributed by atoms with Crippen molar-refractivity contribution >= 4 is 20.8 Å². The van der Waals surface area contributed by atoms with Gasteiger partial charge in [-0.2, -0.15) is 0 Å². The molecule has 7 N–H and O–H groups in total. The Kier molecular flexibility index (Phi) is 11.2. The van der Waals surface area contributed by atoms with Gasteiger partial charge < -0.3 is 30.3 Å². The molecule has 0 aliphatic rings. The first-order chi connectivity index (χ1) is 7.27. The third-order valence-corrected chi connectivity index (χ3v) is 1.42. The van der Waals surface area contributed by atoms with Crippen LogP contribution in [0.15, 0.2) is 0 Å². The fourth-order valence-electron chi connectivity index (χ4n) is 0.618. The van der Waals surface area contributed by atoms with Crippen molar-refractivity contribution in [2.45, 2.75) is 24.4 Å². The third kappa shape index (κ3) is 8.97. The number of hydrogen-bond acceptors (Lipinski definition) is 7. The van der Waals surface area contributed by atoms with Crippen LogP contribution in [-0.4, -0.2) is 85.7 Å². The predicted octanol–water partition coefficient (Wildman–Crippen LogP) is -4.99. The monoisotopic (exact) mass is 310 g/mol. The van der Waals surface area contributed by atoms with Crippen LogP contribution in [0.3, 0.4) is 0 Å². The van der Waals surface area contributed by atoms with E-state index in [2.05, 4.69) is 0 Å². The van der Waals surface area contributed by atoms with Crippen molar-refractivity contribution in [3.63, 3.8) is 0 Å². The number of rotatable bonds is 5. The summed E-state index contributed by atoms with van der Waals surface area (Å²) in [6, 6.07) is 0. The first-order valence-corrected chi connectivity index (χ1v) is 6.09. The van der Waals surface area contributed by atoms with Gasteiger partial charge in [0.05, 0.1) is 6.61 Å². The van der Waals surface area contributed by atoms with Crippen LogP contribution >= 0.6 is 0 Å². The molecule has 0 aromatic rings. The van der Waals surface area contributed by atoms with E-state index in [9.17, 15) is 4.79 Å². The van der Waals surface area contributed by atoms with Gasteiger partial charge in [0.25, 0.3) is 0 Å². The number of carbonyl (C=O) groups is 1. The molecule has 4 unspecified atom stereocenters. The van der Waals surface area contributed by atoms with Crippen LogP contribution in [0.1, 0.15) is 0 Å². The van der Waals surface area contributed by atoms with E-state index in [0.29, 0.717) is 0 Å². The van der Waals surface area contributed by atoms with Crippen LogP contribution in [0.5, 0.6) is 0 Å². The Labute approximate surface area is 94.9 Å².